The third-order valence-electron chi connectivity index (χ3n) is 7.93. The van der Waals surface area contributed by atoms with Crippen molar-refractivity contribution in [2.24, 2.45) is 5.92 Å². The largest absolute Gasteiger partial charge is 0.481 e. The molecule has 10 nitrogen and oxygen atoms in total. The fraction of sp³-hybridized carbons (Fsp3) is 0.613. The van der Waals surface area contributed by atoms with Gasteiger partial charge in [-0.2, -0.15) is 11.8 Å². The van der Waals surface area contributed by atoms with Crippen LogP contribution in [0.5, 0.6) is 0 Å². The van der Waals surface area contributed by atoms with Crippen LogP contribution in [0.25, 0.3) is 0 Å². The summed E-state index contributed by atoms with van der Waals surface area (Å²) in [5.41, 5.74) is 0.413. The second-order valence-electron chi connectivity index (χ2n) is 11.4. The lowest BCUT2D eigenvalue weighted by molar-refractivity contribution is -0.200. The van der Waals surface area contributed by atoms with E-state index in [9.17, 15) is 24.3 Å². The summed E-state index contributed by atoms with van der Waals surface area (Å²) in [5.74, 6) is -2.23. The number of carboxylic acid groups (broad SMARTS) is 1. The van der Waals surface area contributed by atoms with Crippen LogP contribution in [0.3, 0.4) is 0 Å². The average molecular weight is 640 g/mol. The molecular formula is C31H42ClNO9S. The maximum absolute atomic E-state index is 13.1. The Hall–Kier alpha value is -2.60. The number of aliphatic carboxylic acids is 1. The van der Waals surface area contributed by atoms with Gasteiger partial charge in [0, 0.05) is 12.9 Å². The highest BCUT2D eigenvalue weighted by Crippen LogP contribution is 2.56. The average Bonchev–Trinajstić information content (AvgIpc) is 3.64. The van der Waals surface area contributed by atoms with Crippen LogP contribution in [0.4, 0.5) is 4.79 Å². The monoisotopic (exact) mass is 639 g/mol. The number of thioether (sulfide) groups is 1. The first-order chi connectivity index (χ1) is 20.4. The molecule has 2 N–H and O–H groups in total. The Kier molecular flexibility index (Phi) is 12.9. The van der Waals surface area contributed by atoms with Gasteiger partial charge in [-0.05, 0) is 57.8 Å². The van der Waals surface area contributed by atoms with Crippen molar-refractivity contribution in [1.29, 1.82) is 0 Å². The predicted octanol–water partition coefficient (Wildman–Crippen LogP) is 4.91. The molecule has 6 atom stereocenters. The third kappa shape index (κ3) is 9.69. The van der Waals surface area contributed by atoms with E-state index in [0.717, 1.165) is 17.7 Å². The second kappa shape index (κ2) is 15.9. The number of alkyl carbamates (subject to hydrolysis) is 1. The minimum absolute atomic E-state index is 0.207. The number of epoxide rings is 1. The summed E-state index contributed by atoms with van der Waals surface area (Å²) < 4.78 is 24.3. The number of aryl methyl sites for hydroxylation is 1. The SMILES string of the molecule is COC1C(OC(=O)NC(=O)CCl)CCC(CSCCc2ccccc2)(OC(=O)CCC(=O)O)C1C1(C)OC1CC=C(C)C. The van der Waals surface area contributed by atoms with E-state index in [1.807, 2.05) is 39.0 Å². The van der Waals surface area contributed by atoms with E-state index in [1.165, 1.54) is 12.7 Å². The van der Waals surface area contributed by atoms with Gasteiger partial charge in [0.05, 0.1) is 24.9 Å². The van der Waals surface area contributed by atoms with E-state index in [0.29, 0.717) is 18.6 Å². The molecule has 12 heteroatoms. The van der Waals surface area contributed by atoms with Gasteiger partial charge >= 0.3 is 18.0 Å². The number of amides is 2. The van der Waals surface area contributed by atoms with Crippen molar-refractivity contribution in [3.63, 3.8) is 0 Å². The molecule has 2 amide bonds. The number of halogens is 1. The Morgan fingerprint density at radius 2 is 1.91 bits per heavy atom. The van der Waals surface area contributed by atoms with Crippen molar-refractivity contribution in [3.05, 3.63) is 47.5 Å². The summed E-state index contributed by atoms with van der Waals surface area (Å²) >= 11 is 7.16. The van der Waals surface area contributed by atoms with Crippen molar-refractivity contribution in [2.45, 2.75) is 88.8 Å². The first-order valence-corrected chi connectivity index (χ1v) is 16.1. The standard InChI is InChI=1S/C31H42ClNO9S/c1-20(2)10-11-23-30(3,41-23)28-27(39-4)22(40-29(38)33-24(34)18-32)14-16-31(28,42-26(37)13-12-25(35)36)19-43-17-15-21-8-6-5-7-9-21/h5-10,22-23,27-28H,11-19H2,1-4H3,(H,35,36)(H,33,34,38). The Morgan fingerprint density at radius 1 is 1.19 bits per heavy atom. The van der Waals surface area contributed by atoms with Crippen LogP contribution < -0.4 is 5.32 Å². The molecule has 1 aliphatic carbocycles. The number of esters is 1. The molecule has 0 bridgehead atoms. The highest BCUT2D eigenvalue weighted by atomic mass is 35.5. The van der Waals surface area contributed by atoms with Crippen molar-refractivity contribution in [2.75, 3.05) is 24.5 Å². The number of allylic oxidation sites excluding steroid dienone is 1. The first-order valence-electron chi connectivity index (χ1n) is 14.4. The van der Waals surface area contributed by atoms with E-state index in [2.05, 4.69) is 23.5 Å². The number of ether oxygens (including phenoxy) is 4. The normalized spacial score (nSPS) is 27.9. The number of alkyl halides is 1. The van der Waals surface area contributed by atoms with Gasteiger partial charge in [0.15, 0.2) is 0 Å². The number of nitrogens with one attached hydrogen (secondary N) is 1. The van der Waals surface area contributed by atoms with Crippen molar-refractivity contribution < 1.29 is 43.2 Å². The summed E-state index contributed by atoms with van der Waals surface area (Å²) in [5, 5.41) is 11.3. The van der Waals surface area contributed by atoms with Crippen LogP contribution in [0.2, 0.25) is 0 Å². The van der Waals surface area contributed by atoms with E-state index in [-0.39, 0.29) is 25.4 Å². The summed E-state index contributed by atoms with van der Waals surface area (Å²) in [6.45, 7) is 5.95. The maximum Gasteiger partial charge on any atom is 0.414 e. The number of benzene rings is 1. The zero-order valence-electron chi connectivity index (χ0n) is 25.1. The highest BCUT2D eigenvalue weighted by Gasteiger charge is 2.69. The molecule has 1 aromatic carbocycles. The zero-order chi connectivity index (χ0) is 31.6. The van der Waals surface area contributed by atoms with Crippen molar-refractivity contribution in [3.8, 4) is 0 Å². The fourth-order valence-electron chi connectivity index (χ4n) is 5.84. The Bertz CT molecular complexity index is 1160. The number of methoxy groups -OCH3 is 1. The number of carboxylic acids is 1. The van der Waals surface area contributed by atoms with E-state index < -0.39 is 59.1 Å². The molecule has 43 heavy (non-hydrogen) atoms. The van der Waals surface area contributed by atoms with Gasteiger partial charge in [0.1, 0.15) is 29.3 Å². The molecule has 2 aliphatic rings. The smallest absolute Gasteiger partial charge is 0.414 e. The van der Waals surface area contributed by atoms with Crippen LogP contribution in [0.1, 0.15) is 58.4 Å². The molecule has 238 valence electrons. The fourth-order valence-corrected chi connectivity index (χ4v) is 7.16. The second-order valence-corrected chi connectivity index (χ2v) is 12.7. The van der Waals surface area contributed by atoms with E-state index >= 15 is 0 Å². The van der Waals surface area contributed by atoms with Crippen LogP contribution in [0.15, 0.2) is 42.0 Å². The molecule has 3 rings (SSSR count). The quantitative estimate of drug-likeness (QED) is 0.0894. The number of rotatable bonds is 15. The number of carbonyl (C=O) groups excluding carboxylic acids is 3. The summed E-state index contributed by atoms with van der Waals surface area (Å²) in [6, 6.07) is 10.1. The number of imide groups is 1. The molecule has 1 saturated carbocycles. The summed E-state index contributed by atoms with van der Waals surface area (Å²) in [4.78, 5) is 48.6. The molecule has 0 spiro atoms. The molecule has 1 aliphatic heterocycles. The van der Waals surface area contributed by atoms with Crippen LogP contribution in [-0.2, 0) is 39.8 Å². The Labute approximate surface area is 262 Å². The van der Waals surface area contributed by atoms with Crippen LogP contribution >= 0.6 is 23.4 Å². The predicted molar refractivity (Wildman–Crippen MR) is 163 cm³/mol. The topological polar surface area (TPSA) is 141 Å². The van der Waals surface area contributed by atoms with Gasteiger partial charge in [0.25, 0.3) is 0 Å². The Morgan fingerprint density at radius 3 is 2.53 bits per heavy atom. The van der Waals surface area contributed by atoms with Crippen molar-refractivity contribution in [1.82, 2.24) is 5.32 Å². The molecule has 0 radical (unpaired) electrons. The molecule has 1 heterocycles. The molecule has 1 saturated heterocycles. The van der Waals surface area contributed by atoms with Gasteiger partial charge in [-0.3, -0.25) is 19.7 Å². The van der Waals surface area contributed by atoms with Crippen LogP contribution in [0, 0.1) is 5.92 Å². The minimum atomic E-state index is -1.10. The third-order valence-corrected chi connectivity index (χ3v) is 9.36. The first kappa shape index (κ1) is 34.9. The van der Waals surface area contributed by atoms with Gasteiger partial charge in [-0.1, -0.05) is 42.0 Å². The zero-order valence-corrected chi connectivity index (χ0v) is 26.7. The molecule has 1 aromatic rings. The van der Waals surface area contributed by atoms with E-state index in [4.69, 9.17) is 30.5 Å². The molecular weight excluding hydrogens is 598 g/mol. The number of hydrogen-bond acceptors (Lipinski definition) is 9. The number of carbonyl (C=O) groups is 4. The van der Waals surface area contributed by atoms with Crippen LogP contribution in [-0.4, -0.2) is 83.1 Å². The molecule has 2 fully saturated rings. The lowest BCUT2D eigenvalue weighted by Gasteiger charge is -2.50. The lowest BCUT2D eigenvalue weighted by atomic mass is 9.66. The van der Waals surface area contributed by atoms with Gasteiger partial charge in [0.2, 0.25) is 5.91 Å². The van der Waals surface area contributed by atoms with E-state index in [1.54, 1.807) is 11.8 Å². The maximum atomic E-state index is 13.1. The molecule has 6 unspecified atom stereocenters. The molecule has 0 aromatic heterocycles. The van der Waals surface area contributed by atoms with Gasteiger partial charge < -0.3 is 24.1 Å². The van der Waals surface area contributed by atoms with Gasteiger partial charge in [-0.25, -0.2) is 4.79 Å². The Balaban J connectivity index is 1.94. The summed E-state index contributed by atoms with van der Waals surface area (Å²) in [7, 11) is 1.50. The lowest BCUT2D eigenvalue weighted by Crippen LogP contribution is -2.63. The van der Waals surface area contributed by atoms with Crippen molar-refractivity contribution >= 4 is 47.3 Å². The highest BCUT2D eigenvalue weighted by molar-refractivity contribution is 7.99. The van der Waals surface area contributed by atoms with Gasteiger partial charge in [-0.15, -0.1) is 11.6 Å². The minimum Gasteiger partial charge on any atom is -0.481 e. The number of hydrogen-bond donors (Lipinski definition) is 2. The summed E-state index contributed by atoms with van der Waals surface area (Å²) in [6.07, 6.45) is 0.791.